The minimum absolute atomic E-state index is 0.147. The Morgan fingerprint density at radius 2 is 2.30 bits per heavy atom. The molecule has 7 nitrogen and oxygen atoms in total. The second kappa shape index (κ2) is 4.61. The van der Waals surface area contributed by atoms with E-state index >= 15 is 0 Å². The second-order valence-electron chi connectivity index (χ2n) is 4.83. The molecule has 1 atom stereocenters. The number of oxazole rings is 1. The predicted molar refractivity (Wildman–Crippen MR) is 71.4 cm³/mol. The lowest BCUT2D eigenvalue weighted by Gasteiger charge is -2.30. The molecule has 104 valence electrons. The Balaban J connectivity index is 1.85. The van der Waals surface area contributed by atoms with Crippen LogP contribution < -0.4 is 11.1 Å². The highest BCUT2D eigenvalue weighted by molar-refractivity contribution is 6.00. The van der Waals surface area contributed by atoms with Crippen LogP contribution in [0, 0.1) is 0 Å². The summed E-state index contributed by atoms with van der Waals surface area (Å²) < 4.78 is 5.59. The zero-order valence-electron chi connectivity index (χ0n) is 10.9. The van der Waals surface area contributed by atoms with Gasteiger partial charge in [-0.1, -0.05) is 0 Å². The molecule has 0 bridgehead atoms. The lowest BCUT2D eigenvalue weighted by molar-refractivity contribution is -0.139. The highest BCUT2D eigenvalue weighted by atomic mass is 16.3. The van der Waals surface area contributed by atoms with Crippen LogP contribution in [0.5, 0.6) is 0 Å². The molecule has 0 saturated carbocycles. The van der Waals surface area contributed by atoms with Crippen molar-refractivity contribution >= 4 is 28.6 Å². The predicted octanol–water partition coefficient (Wildman–Crippen LogP) is 0.257. The van der Waals surface area contributed by atoms with Crippen LogP contribution in [0.25, 0.3) is 11.1 Å². The number of nitrogens with two attached hydrogens (primary N) is 1. The first-order chi connectivity index (χ1) is 9.52. The van der Waals surface area contributed by atoms with Crippen molar-refractivity contribution in [3.05, 3.63) is 24.1 Å². The SMILES string of the molecule is CC1C(=O)NC(=O)CN1Cc1nc2cc(N)ccc2o1. The Morgan fingerprint density at radius 3 is 3.10 bits per heavy atom. The summed E-state index contributed by atoms with van der Waals surface area (Å²) in [5, 5.41) is 2.29. The molecule has 3 N–H and O–H groups in total. The van der Waals surface area contributed by atoms with Gasteiger partial charge in [0.15, 0.2) is 5.58 Å². The number of imide groups is 1. The van der Waals surface area contributed by atoms with Gasteiger partial charge in [-0.05, 0) is 25.1 Å². The second-order valence-corrected chi connectivity index (χ2v) is 4.83. The number of hydrogen-bond acceptors (Lipinski definition) is 6. The fraction of sp³-hybridized carbons (Fsp3) is 0.308. The third-order valence-corrected chi connectivity index (χ3v) is 3.33. The number of benzene rings is 1. The molecule has 1 aliphatic rings. The average molecular weight is 274 g/mol. The molecular formula is C13H14N4O3. The van der Waals surface area contributed by atoms with Gasteiger partial charge in [-0.3, -0.25) is 19.8 Å². The number of nitrogen functional groups attached to an aromatic ring is 1. The van der Waals surface area contributed by atoms with Crippen LogP contribution >= 0.6 is 0 Å². The van der Waals surface area contributed by atoms with E-state index in [-0.39, 0.29) is 18.4 Å². The van der Waals surface area contributed by atoms with E-state index in [1.807, 2.05) is 0 Å². The first-order valence-corrected chi connectivity index (χ1v) is 6.25. The molecule has 2 heterocycles. The summed E-state index contributed by atoms with van der Waals surface area (Å²) in [6, 6.07) is 4.81. The van der Waals surface area contributed by atoms with Crippen LogP contribution in [0.2, 0.25) is 0 Å². The Kier molecular flexibility index (Phi) is 2.90. The molecule has 1 saturated heterocycles. The number of amides is 2. The number of aromatic nitrogens is 1. The maximum absolute atomic E-state index is 11.6. The molecule has 7 heteroatoms. The van der Waals surface area contributed by atoms with Crippen LogP contribution in [0.4, 0.5) is 5.69 Å². The highest BCUT2D eigenvalue weighted by Crippen LogP contribution is 2.20. The van der Waals surface area contributed by atoms with E-state index < -0.39 is 6.04 Å². The molecule has 0 radical (unpaired) electrons. The minimum Gasteiger partial charge on any atom is -0.439 e. The molecule has 3 rings (SSSR count). The standard InChI is InChI=1S/C13H14N4O3/c1-7-13(19)16-11(18)5-17(7)6-12-15-9-4-8(14)2-3-10(9)20-12/h2-4,7H,5-6,14H2,1H3,(H,16,18,19). The van der Waals surface area contributed by atoms with Crippen LogP contribution in [-0.2, 0) is 16.1 Å². The van der Waals surface area contributed by atoms with Crippen molar-refractivity contribution in [2.45, 2.75) is 19.5 Å². The smallest absolute Gasteiger partial charge is 0.243 e. The van der Waals surface area contributed by atoms with E-state index in [4.69, 9.17) is 10.2 Å². The summed E-state index contributed by atoms with van der Waals surface area (Å²) in [5.41, 5.74) is 7.60. The van der Waals surface area contributed by atoms with E-state index in [9.17, 15) is 9.59 Å². The van der Waals surface area contributed by atoms with Crippen molar-refractivity contribution in [2.75, 3.05) is 12.3 Å². The molecule has 2 amide bonds. The summed E-state index contributed by atoms with van der Waals surface area (Å²) in [6.45, 7) is 2.19. The number of carbonyl (C=O) groups excluding carboxylic acids is 2. The molecule has 1 aliphatic heterocycles. The Bertz CT molecular complexity index is 694. The zero-order valence-corrected chi connectivity index (χ0v) is 10.9. The van der Waals surface area contributed by atoms with E-state index in [0.717, 1.165) is 0 Å². The van der Waals surface area contributed by atoms with Crippen molar-refractivity contribution in [3.8, 4) is 0 Å². The molecule has 0 spiro atoms. The Labute approximate surface area is 114 Å². The van der Waals surface area contributed by atoms with E-state index in [2.05, 4.69) is 10.3 Å². The van der Waals surface area contributed by atoms with Gasteiger partial charge < -0.3 is 10.2 Å². The van der Waals surface area contributed by atoms with Gasteiger partial charge in [0, 0.05) is 5.69 Å². The largest absolute Gasteiger partial charge is 0.439 e. The Hall–Kier alpha value is -2.41. The lowest BCUT2D eigenvalue weighted by Crippen LogP contribution is -2.56. The van der Waals surface area contributed by atoms with Gasteiger partial charge in [0.1, 0.15) is 5.52 Å². The molecule has 1 unspecified atom stereocenters. The first kappa shape index (κ1) is 12.6. The highest BCUT2D eigenvalue weighted by Gasteiger charge is 2.31. The third-order valence-electron chi connectivity index (χ3n) is 3.33. The summed E-state index contributed by atoms with van der Waals surface area (Å²) in [7, 11) is 0. The van der Waals surface area contributed by atoms with Gasteiger partial charge in [0.25, 0.3) is 0 Å². The molecule has 1 fully saturated rings. The molecule has 2 aromatic rings. The van der Waals surface area contributed by atoms with Crippen LogP contribution in [0.3, 0.4) is 0 Å². The quantitative estimate of drug-likeness (QED) is 0.601. The monoisotopic (exact) mass is 274 g/mol. The molecular weight excluding hydrogens is 260 g/mol. The maximum atomic E-state index is 11.6. The number of fused-ring (bicyclic) bond motifs is 1. The molecule has 20 heavy (non-hydrogen) atoms. The van der Waals surface area contributed by atoms with Gasteiger partial charge >= 0.3 is 0 Å². The molecule has 1 aromatic carbocycles. The minimum atomic E-state index is -0.396. The summed E-state index contributed by atoms with van der Waals surface area (Å²) in [5.74, 6) is -0.157. The number of hydrogen-bond donors (Lipinski definition) is 2. The average Bonchev–Trinajstić information content (AvgIpc) is 2.76. The lowest BCUT2D eigenvalue weighted by atomic mass is 10.2. The number of nitrogens with one attached hydrogen (secondary N) is 1. The normalized spacial score (nSPS) is 20.4. The van der Waals surface area contributed by atoms with Gasteiger partial charge in [0.2, 0.25) is 17.7 Å². The van der Waals surface area contributed by atoms with Crippen molar-refractivity contribution in [1.29, 1.82) is 0 Å². The van der Waals surface area contributed by atoms with E-state index in [0.29, 0.717) is 29.2 Å². The summed E-state index contributed by atoms with van der Waals surface area (Å²) in [4.78, 5) is 29.0. The number of anilines is 1. The zero-order chi connectivity index (χ0) is 14.3. The fourth-order valence-electron chi connectivity index (χ4n) is 2.19. The van der Waals surface area contributed by atoms with E-state index in [1.54, 1.807) is 30.0 Å². The molecule has 1 aromatic heterocycles. The third kappa shape index (κ3) is 2.23. The molecule has 0 aliphatic carbocycles. The number of piperazine rings is 1. The number of carbonyl (C=O) groups is 2. The number of rotatable bonds is 2. The van der Waals surface area contributed by atoms with Gasteiger partial charge in [-0.2, -0.15) is 0 Å². The van der Waals surface area contributed by atoms with Crippen molar-refractivity contribution in [3.63, 3.8) is 0 Å². The summed E-state index contributed by atoms with van der Waals surface area (Å²) >= 11 is 0. The summed E-state index contributed by atoms with van der Waals surface area (Å²) in [6.07, 6.45) is 0. The van der Waals surface area contributed by atoms with Gasteiger partial charge in [-0.15, -0.1) is 0 Å². The fourth-order valence-corrected chi connectivity index (χ4v) is 2.19. The van der Waals surface area contributed by atoms with Gasteiger partial charge in [-0.25, -0.2) is 4.98 Å². The van der Waals surface area contributed by atoms with Gasteiger partial charge in [0.05, 0.1) is 19.1 Å². The number of nitrogens with zero attached hydrogens (tertiary/aromatic N) is 2. The van der Waals surface area contributed by atoms with Crippen molar-refractivity contribution < 1.29 is 14.0 Å². The van der Waals surface area contributed by atoms with Crippen LogP contribution in [-0.4, -0.2) is 34.3 Å². The van der Waals surface area contributed by atoms with Crippen molar-refractivity contribution in [1.82, 2.24) is 15.2 Å². The first-order valence-electron chi connectivity index (χ1n) is 6.25. The maximum Gasteiger partial charge on any atom is 0.243 e. The van der Waals surface area contributed by atoms with Crippen LogP contribution in [0.1, 0.15) is 12.8 Å². The van der Waals surface area contributed by atoms with E-state index in [1.165, 1.54) is 0 Å². The topological polar surface area (TPSA) is 101 Å². The van der Waals surface area contributed by atoms with Crippen molar-refractivity contribution in [2.24, 2.45) is 0 Å². The Morgan fingerprint density at radius 1 is 1.50 bits per heavy atom. The van der Waals surface area contributed by atoms with Crippen LogP contribution in [0.15, 0.2) is 22.6 Å².